The van der Waals surface area contributed by atoms with Gasteiger partial charge in [0.1, 0.15) is 0 Å². The molecule has 1 fully saturated rings. The number of nitrogens with zero attached hydrogens (tertiary/aromatic N) is 2. The zero-order chi connectivity index (χ0) is 13.3. The van der Waals surface area contributed by atoms with E-state index in [9.17, 15) is 0 Å². The average Bonchev–Trinajstić information content (AvgIpc) is 2.85. The minimum atomic E-state index is 0.152. The molecule has 1 aromatic rings. The molecule has 2 heterocycles. The van der Waals surface area contributed by atoms with Gasteiger partial charge in [-0.1, -0.05) is 34.6 Å². The van der Waals surface area contributed by atoms with Crippen LogP contribution in [-0.2, 0) is 16.7 Å². The Hall–Kier alpha value is -0.830. The van der Waals surface area contributed by atoms with Gasteiger partial charge in [-0.2, -0.15) is 5.10 Å². The van der Waals surface area contributed by atoms with Crippen LogP contribution >= 0.6 is 0 Å². The number of hydrogen-bond acceptors (Lipinski definition) is 2. The Morgan fingerprint density at radius 2 is 2.17 bits per heavy atom. The molecular formula is C15H26N2O. The largest absolute Gasteiger partial charge is 0.381 e. The number of ether oxygens (including phenoxy) is 1. The van der Waals surface area contributed by atoms with Crippen LogP contribution in [-0.4, -0.2) is 23.0 Å². The van der Waals surface area contributed by atoms with E-state index in [0.717, 1.165) is 19.8 Å². The SMILES string of the molecule is CC(C)c1cc(C(C)(C)C)n(CC2CCOC2)n1. The lowest BCUT2D eigenvalue weighted by Crippen LogP contribution is -2.21. The second-order valence-electron chi connectivity index (χ2n) is 6.77. The predicted molar refractivity (Wildman–Crippen MR) is 73.9 cm³/mol. The van der Waals surface area contributed by atoms with E-state index in [4.69, 9.17) is 9.84 Å². The third-order valence-corrected chi connectivity index (χ3v) is 3.61. The van der Waals surface area contributed by atoms with Crippen molar-refractivity contribution in [3.63, 3.8) is 0 Å². The first-order chi connectivity index (χ1) is 8.38. The highest BCUT2D eigenvalue weighted by molar-refractivity contribution is 5.20. The Bertz CT molecular complexity index is 395. The van der Waals surface area contributed by atoms with Crippen molar-refractivity contribution in [2.24, 2.45) is 5.92 Å². The summed E-state index contributed by atoms with van der Waals surface area (Å²) in [5.74, 6) is 1.12. The second kappa shape index (κ2) is 5.04. The van der Waals surface area contributed by atoms with Gasteiger partial charge in [-0.05, 0) is 18.4 Å². The van der Waals surface area contributed by atoms with Crippen molar-refractivity contribution in [2.75, 3.05) is 13.2 Å². The van der Waals surface area contributed by atoms with Crippen molar-refractivity contribution in [3.8, 4) is 0 Å². The van der Waals surface area contributed by atoms with Crippen LogP contribution in [0.2, 0.25) is 0 Å². The molecule has 0 bridgehead atoms. The van der Waals surface area contributed by atoms with E-state index < -0.39 is 0 Å². The zero-order valence-electron chi connectivity index (χ0n) is 12.4. The van der Waals surface area contributed by atoms with Crippen molar-refractivity contribution in [1.82, 2.24) is 9.78 Å². The van der Waals surface area contributed by atoms with E-state index in [1.807, 2.05) is 0 Å². The summed E-state index contributed by atoms with van der Waals surface area (Å²) in [6.07, 6.45) is 1.17. The predicted octanol–water partition coefficient (Wildman–Crippen LogP) is 3.34. The summed E-state index contributed by atoms with van der Waals surface area (Å²) >= 11 is 0. The first kappa shape index (κ1) is 13.6. The maximum absolute atomic E-state index is 5.47. The van der Waals surface area contributed by atoms with Gasteiger partial charge in [0, 0.05) is 30.2 Å². The molecule has 1 atom stereocenters. The van der Waals surface area contributed by atoms with Gasteiger partial charge in [-0.15, -0.1) is 0 Å². The molecule has 1 saturated heterocycles. The monoisotopic (exact) mass is 250 g/mol. The van der Waals surface area contributed by atoms with Gasteiger partial charge in [0.05, 0.1) is 12.3 Å². The van der Waals surface area contributed by atoms with Crippen molar-refractivity contribution >= 4 is 0 Å². The van der Waals surface area contributed by atoms with Gasteiger partial charge < -0.3 is 4.74 Å². The molecule has 0 saturated carbocycles. The van der Waals surface area contributed by atoms with E-state index >= 15 is 0 Å². The zero-order valence-corrected chi connectivity index (χ0v) is 12.4. The van der Waals surface area contributed by atoms with Crippen molar-refractivity contribution in [3.05, 3.63) is 17.5 Å². The highest BCUT2D eigenvalue weighted by Crippen LogP contribution is 2.27. The lowest BCUT2D eigenvalue weighted by atomic mass is 9.91. The van der Waals surface area contributed by atoms with E-state index in [-0.39, 0.29) is 5.41 Å². The van der Waals surface area contributed by atoms with Crippen LogP contribution in [0.4, 0.5) is 0 Å². The molecule has 0 aliphatic carbocycles. The minimum absolute atomic E-state index is 0.152. The maximum Gasteiger partial charge on any atom is 0.0653 e. The summed E-state index contributed by atoms with van der Waals surface area (Å²) in [4.78, 5) is 0. The first-order valence-electron chi connectivity index (χ1n) is 7.04. The van der Waals surface area contributed by atoms with Crippen LogP contribution in [0.5, 0.6) is 0 Å². The lowest BCUT2D eigenvalue weighted by molar-refractivity contribution is 0.181. The van der Waals surface area contributed by atoms with Crippen molar-refractivity contribution in [1.29, 1.82) is 0 Å². The Kier molecular flexibility index (Phi) is 3.81. The first-order valence-corrected chi connectivity index (χ1v) is 7.04. The molecule has 1 aliphatic rings. The van der Waals surface area contributed by atoms with Gasteiger partial charge in [0.2, 0.25) is 0 Å². The molecule has 0 aromatic carbocycles. The number of aromatic nitrogens is 2. The summed E-state index contributed by atoms with van der Waals surface area (Å²) in [5, 5.41) is 4.80. The normalized spacial score (nSPS) is 20.9. The fourth-order valence-electron chi connectivity index (χ4n) is 2.43. The summed E-state index contributed by atoms with van der Waals surface area (Å²) in [6.45, 7) is 14.0. The third kappa shape index (κ3) is 2.94. The molecule has 1 unspecified atom stereocenters. The summed E-state index contributed by atoms with van der Waals surface area (Å²) in [6, 6.07) is 2.28. The second-order valence-corrected chi connectivity index (χ2v) is 6.77. The van der Waals surface area contributed by atoms with Crippen LogP contribution in [0.15, 0.2) is 6.07 Å². The van der Waals surface area contributed by atoms with E-state index in [2.05, 4.69) is 45.4 Å². The molecule has 2 rings (SSSR count). The van der Waals surface area contributed by atoms with Crippen LogP contribution in [0, 0.1) is 5.92 Å². The van der Waals surface area contributed by atoms with Crippen LogP contribution in [0.25, 0.3) is 0 Å². The lowest BCUT2D eigenvalue weighted by Gasteiger charge is -2.21. The Morgan fingerprint density at radius 3 is 2.67 bits per heavy atom. The average molecular weight is 250 g/mol. The molecule has 0 amide bonds. The van der Waals surface area contributed by atoms with Gasteiger partial charge in [-0.25, -0.2) is 0 Å². The van der Waals surface area contributed by atoms with E-state index in [1.165, 1.54) is 17.8 Å². The fraction of sp³-hybridized carbons (Fsp3) is 0.800. The molecule has 0 radical (unpaired) electrons. The Balaban J connectivity index is 2.25. The molecule has 0 spiro atoms. The Labute approximate surface area is 111 Å². The van der Waals surface area contributed by atoms with E-state index in [1.54, 1.807) is 0 Å². The minimum Gasteiger partial charge on any atom is -0.381 e. The number of rotatable bonds is 3. The molecular weight excluding hydrogens is 224 g/mol. The van der Waals surface area contributed by atoms with Gasteiger partial charge in [0.25, 0.3) is 0 Å². The topological polar surface area (TPSA) is 27.1 Å². The molecule has 1 aromatic heterocycles. The highest BCUT2D eigenvalue weighted by atomic mass is 16.5. The molecule has 3 heteroatoms. The smallest absolute Gasteiger partial charge is 0.0653 e. The van der Waals surface area contributed by atoms with Crippen LogP contribution in [0.3, 0.4) is 0 Å². The van der Waals surface area contributed by atoms with Gasteiger partial charge in [-0.3, -0.25) is 4.68 Å². The van der Waals surface area contributed by atoms with Gasteiger partial charge >= 0.3 is 0 Å². The molecule has 18 heavy (non-hydrogen) atoms. The quantitative estimate of drug-likeness (QED) is 0.822. The molecule has 1 aliphatic heterocycles. The van der Waals surface area contributed by atoms with Crippen LogP contribution in [0.1, 0.15) is 58.3 Å². The van der Waals surface area contributed by atoms with Crippen LogP contribution < -0.4 is 0 Å². The number of hydrogen-bond donors (Lipinski definition) is 0. The third-order valence-electron chi connectivity index (χ3n) is 3.61. The Morgan fingerprint density at radius 1 is 1.44 bits per heavy atom. The highest BCUT2D eigenvalue weighted by Gasteiger charge is 2.24. The fourth-order valence-corrected chi connectivity index (χ4v) is 2.43. The van der Waals surface area contributed by atoms with Crippen molar-refractivity contribution in [2.45, 2.75) is 58.9 Å². The van der Waals surface area contributed by atoms with Gasteiger partial charge in [0.15, 0.2) is 0 Å². The summed E-state index contributed by atoms with van der Waals surface area (Å²) < 4.78 is 7.68. The molecule has 0 N–H and O–H groups in total. The summed E-state index contributed by atoms with van der Waals surface area (Å²) in [7, 11) is 0. The standard InChI is InChI=1S/C15H26N2O/c1-11(2)13-8-14(15(3,4)5)17(16-13)9-12-6-7-18-10-12/h8,11-12H,6-7,9-10H2,1-5H3. The molecule has 3 nitrogen and oxygen atoms in total. The molecule has 102 valence electrons. The summed E-state index contributed by atoms with van der Waals surface area (Å²) in [5.41, 5.74) is 2.71. The maximum atomic E-state index is 5.47. The van der Waals surface area contributed by atoms with E-state index in [0.29, 0.717) is 11.8 Å². The van der Waals surface area contributed by atoms with Crippen molar-refractivity contribution < 1.29 is 4.74 Å².